The number of nitrogens with zero attached hydrogens (tertiary/aromatic N) is 3. The van der Waals surface area contributed by atoms with Crippen LogP contribution in [0.25, 0.3) is 4.96 Å². The van der Waals surface area contributed by atoms with Crippen LogP contribution in [-0.4, -0.2) is 33.0 Å². The minimum absolute atomic E-state index is 0.353. The van der Waals surface area contributed by atoms with E-state index in [-0.39, 0.29) is 6.09 Å². The molecule has 104 valence electrons. The summed E-state index contributed by atoms with van der Waals surface area (Å²) in [5, 5.41) is 2.34. The number of ether oxygens (including phenoxy) is 1. The van der Waals surface area contributed by atoms with Gasteiger partial charge in [-0.3, -0.25) is 4.40 Å². The van der Waals surface area contributed by atoms with Gasteiger partial charge in [0.25, 0.3) is 0 Å². The molecule has 2 aromatic heterocycles. The van der Waals surface area contributed by atoms with E-state index in [9.17, 15) is 4.79 Å². The highest BCUT2D eigenvalue weighted by Crippen LogP contribution is 2.22. The van der Waals surface area contributed by atoms with Crippen LogP contribution in [0.5, 0.6) is 0 Å². The van der Waals surface area contributed by atoms with E-state index in [0.29, 0.717) is 11.7 Å². The van der Waals surface area contributed by atoms with Crippen molar-refractivity contribution in [2.24, 2.45) is 0 Å². The first-order valence-corrected chi connectivity index (χ1v) is 7.08. The second-order valence-corrected chi connectivity index (χ2v) is 6.47. The number of thiazole rings is 1. The fourth-order valence-electron chi connectivity index (χ4n) is 1.58. The van der Waals surface area contributed by atoms with Gasteiger partial charge in [0, 0.05) is 18.6 Å². The number of carbonyl (C=O) groups is 1. The Morgan fingerprint density at radius 3 is 2.89 bits per heavy atom. The molecule has 0 bridgehead atoms. The van der Waals surface area contributed by atoms with Crippen LogP contribution in [0.1, 0.15) is 26.5 Å². The topological polar surface area (TPSA) is 46.8 Å². The Hall–Kier alpha value is -1.27. The van der Waals surface area contributed by atoms with Crippen molar-refractivity contribution in [3.8, 4) is 0 Å². The lowest BCUT2D eigenvalue weighted by Gasteiger charge is -2.24. The monoisotopic (exact) mass is 301 g/mol. The molecular formula is C12H16ClN3O2S. The molecule has 2 heterocycles. The van der Waals surface area contributed by atoms with Gasteiger partial charge in [-0.1, -0.05) is 11.6 Å². The van der Waals surface area contributed by atoms with E-state index in [2.05, 4.69) is 4.98 Å². The smallest absolute Gasteiger partial charge is 0.410 e. The number of rotatable bonds is 2. The molecule has 0 N–H and O–H groups in total. The Bertz CT molecular complexity index is 600. The van der Waals surface area contributed by atoms with Gasteiger partial charge in [-0.05, 0) is 20.8 Å². The average Bonchev–Trinajstić information content (AvgIpc) is 2.79. The van der Waals surface area contributed by atoms with Gasteiger partial charge >= 0.3 is 6.09 Å². The number of aromatic nitrogens is 2. The highest BCUT2D eigenvalue weighted by molar-refractivity contribution is 7.15. The molecular weight excluding hydrogens is 286 g/mol. The number of halogens is 1. The van der Waals surface area contributed by atoms with Crippen LogP contribution in [-0.2, 0) is 11.3 Å². The molecule has 7 heteroatoms. The summed E-state index contributed by atoms with van der Waals surface area (Å²) >= 11 is 7.59. The van der Waals surface area contributed by atoms with Crippen LogP contribution in [0.2, 0.25) is 5.15 Å². The van der Waals surface area contributed by atoms with Crippen LogP contribution in [0, 0.1) is 0 Å². The van der Waals surface area contributed by atoms with E-state index in [1.165, 1.54) is 16.2 Å². The van der Waals surface area contributed by atoms with Crippen molar-refractivity contribution in [1.82, 2.24) is 14.3 Å². The number of hydrogen-bond acceptors (Lipinski definition) is 4. The third kappa shape index (κ3) is 3.19. The maximum absolute atomic E-state index is 11.9. The van der Waals surface area contributed by atoms with Gasteiger partial charge in [-0.2, -0.15) is 0 Å². The average molecular weight is 302 g/mol. The van der Waals surface area contributed by atoms with E-state index in [1.54, 1.807) is 7.05 Å². The molecule has 2 rings (SSSR count). The SMILES string of the molecule is CN(Cc1c(Cl)nc2sccn12)C(=O)OC(C)(C)C. The zero-order valence-electron chi connectivity index (χ0n) is 11.3. The molecule has 0 aliphatic rings. The molecule has 0 aliphatic heterocycles. The van der Waals surface area contributed by atoms with Crippen molar-refractivity contribution >= 4 is 34.0 Å². The largest absolute Gasteiger partial charge is 0.444 e. The zero-order chi connectivity index (χ0) is 14.2. The minimum Gasteiger partial charge on any atom is -0.444 e. The number of amides is 1. The van der Waals surface area contributed by atoms with E-state index in [1.807, 2.05) is 36.7 Å². The third-order valence-electron chi connectivity index (χ3n) is 2.40. The molecule has 1 amide bonds. The van der Waals surface area contributed by atoms with Crippen LogP contribution in [0.4, 0.5) is 4.79 Å². The molecule has 19 heavy (non-hydrogen) atoms. The normalized spacial score (nSPS) is 11.8. The highest BCUT2D eigenvalue weighted by Gasteiger charge is 2.22. The molecule has 0 spiro atoms. The summed E-state index contributed by atoms with van der Waals surface area (Å²) < 4.78 is 7.18. The second-order valence-electron chi connectivity index (χ2n) is 5.24. The molecule has 0 aliphatic carbocycles. The van der Waals surface area contributed by atoms with Crippen molar-refractivity contribution in [2.75, 3.05) is 7.05 Å². The Morgan fingerprint density at radius 2 is 2.26 bits per heavy atom. The number of carbonyl (C=O) groups excluding carboxylic acids is 1. The highest BCUT2D eigenvalue weighted by atomic mass is 35.5. The van der Waals surface area contributed by atoms with Gasteiger partial charge in [0.1, 0.15) is 5.60 Å². The Balaban J connectivity index is 2.14. The standard InChI is InChI=1S/C12H16ClN3O2S/c1-12(2,3)18-11(17)15(4)7-8-9(13)14-10-16(8)5-6-19-10/h5-6H,7H2,1-4H3. The maximum atomic E-state index is 11.9. The van der Waals surface area contributed by atoms with Crippen molar-refractivity contribution in [3.05, 3.63) is 22.4 Å². The van der Waals surface area contributed by atoms with Crippen molar-refractivity contribution in [2.45, 2.75) is 32.9 Å². The predicted octanol–water partition coefficient (Wildman–Crippen LogP) is 3.42. The van der Waals surface area contributed by atoms with Gasteiger partial charge in [-0.25, -0.2) is 9.78 Å². The fourth-order valence-corrected chi connectivity index (χ4v) is 2.59. The molecule has 0 radical (unpaired) electrons. The van der Waals surface area contributed by atoms with E-state index in [4.69, 9.17) is 16.3 Å². The van der Waals surface area contributed by atoms with Crippen molar-refractivity contribution < 1.29 is 9.53 Å². The quantitative estimate of drug-likeness (QED) is 0.854. The first-order chi connectivity index (χ1) is 8.78. The first-order valence-electron chi connectivity index (χ1n) is 5.82. The summed E-state index contributed by atoms with van der Waals surface area (Å²) in [7, 11) is 1.68. The lowest BCUT2D eigenvalue weighted by Crippen LogP contribution is -2.34. The van der Waals surface area contributed by atoms with Gasteiger partial charge < -0.3 is 9.64 Å². The molecule has 0 atom stereocenters. The Labute approximate surface area is 120 Å². The molecule has 0 saturated heterocycles. The van der Waals surface area contributed by atoms with Gasteiger partial charge in [0.15, 0.2) is 10.1 Å². The zero-order valence-corrected chi connectivity index (χ0v) is 12.9. The van der Waals surface area contributed by atoms with E-state index >= 15 is 0 Å². The van der Waals surface area contributed by atoms with Crippen molar-refractivity contribution in [3.63, 3.8) is 0 Å². The lowest BCUT2D eigenvalue weighted by atomic mass is 10.2. The number of fused-ring (bicyclic) bond motifs is 1. The van der Waals surface area contributed by atoms with Gasteiger partial charge in [0.05, 0.1) is 12.2 Å². The van der Waals surface area contributed by atoms with Gasteiger partial charge in [-0.15, -0.1) is 11.3 Å². The van der Waals surface area contributed by atoms with Crippen molar-refractivity contribution in [1.29, 1.82) is 0 Å². The first kappa shape index (κ1) is 14.1. The molecule has 5 nitrogen and oxygen atoms in total. The summed E-state index contributed by atoms with van der Waals surface area (Å²) in [5.41, 5.74) is 0.274. The third-order valence-corrected chi connectivity index (χ3v) is 3.46. The summed E-state index contributed by atoms with van der Waals surface area (Å²) in [6.07, 6.45) is 1.51. The summed E-state index contributed by atoms with van der Waals surface area (Å²) in [5.74, 6) is 0. The molecule has 0 aromatic carbocycles. The van der Waals surface area contributed by atoms with Crippen LogP contribution >= 0.6 is 22.9 Å². The number of imidazole rings is 1. The minimum atomic E-state index is -0.510. The van der Waals surface area contributed by atoms with E-state index in [0.717, 1.165) is 10.7 Å². The summed E-state index contributed by atoms with van der Waals surface area (Å²) in [4.78, 5) is 18.4. The Kier molecular flexibility index (Phi) is 3.73. The van der Waals surface area contributed by atoms with Crippen LogP contribution in [0.3, 0.4) is 0 Å². The summed E-state index contributed by atoms with van der Waals surface area (Å²) in [6.45, 7) is 5.86. The Morgan fingerprint density at radius 1 is 1.58 bits per heavy atom. The second kappa shape index (κ2) is 5.02. The molecule has 0 unspecified atom stereocenters. The molecule has 2 aromatic rings. The summed E-state index contributed by atoms with van der Waals surface area (Å²) in [6, 6.07) is 0. The maximum Gasteiger partial charge on any atom is 0.410 e. The number of hydrogen-bond donors (Lipinski definition) is 0. The predicted molar refractivity (Wildman–Crippen MR) is 75.8 cm³/mol. The molecule has 0 saturated carbocycles. The van der Waals surface area contributed by atoms with Crippen LogP contribution < -0.4 is 0 Å². The van der Waals surface area contributed by atoms with Gasteiger partial charge in [0.2, 0.25) is 0 Å². The lowest BCUT2D eigenvalue weighted by molar-refractivity contribution is 0.0283. The van der Waals surface area contributed by atoms with Crippen LogP contribution in [0.15, 0.2) is 11.6 Å². The van der Waals surface area contributed by atoms with E-state index < -0.39 is 5.60 Å². The molecule has 0 fully saturated rings. The fraction of sp³-hybridized carbons (Fsp3) is 0.500.